The molecule has 0 saturated heterocycles. The van der Waals surface area contributed by atoms with Crippen LogP contribution in [0.5, 0.6) is 0 Å². The van der Waals surface area contributed by atoms with Crippen LogP contribution in [0.3, 0.4) is 0 Å². The number of allylic oxidation sites excluding steroid dienone is 3. The van der Waals surface area contributed by atoms with Crippen LogP contribution in [0.1, 0.15) is 123 Å². The molecule has 1 fully saturated rings. The summed E-state index contributed by atoms with van der Waals surface area (Å²) < 4.78 is 22.6. The number of hydrogen-bond acceptors (Lipinski definition) is 11. The molecule has 0 bridgehead atoms. The molecule has 8 atom stereocenters. The van der Waals surface area contributed by atoms with Gasteiger partial charge in [-0.2, -0.15) is 0 Å². The molecule has 1 aliphatic rings. The van der Waals surface area contributed by atoms with E-state index in [-0.39, 0.29) is 6.42 Å². The molecule has 1 amide bonds. The molecule has 0 aromatic carbocycles. The maximum absolute atomic E-state index is 12.8. The van der Waals surface area contributed by atoms with Gasteiger partial charge < -0.3 is 46.0 Å². The summed E-state index contributed by atoms with van der Waals surface area (Å²) in [5.74, 6) is -0.610. The van der Waals surface area contributed by atoms with Gasteiger partial charge in [-0.05, 0) is 32.1 Å². The molecule has 0 radical (unpaired) electrons. The van der Waals surface area contributed by atoms with E-state index >= 15 is 0 Å². The van der Waals surface area contributed by atoms with Crippen molar-refractivity contribution in [1.29, 1.82) is 0 Å². The molecular weight excluding hydrogens is 645 g/mol. The van der Waals surface area contributed by atoms with E-state index in [1.54, 1.807) is 6.08 Å². The summed E-state index contributed by atoms with van der Waals surface area (Å²) in [4.78, 5) is 23.1. The molecule has 1 saturated carbocycles. The summed E-state index contributed by atoms with van der Waals surface area (Å²) in [6.45, 7) is 3.59. The molecule has 9 N–H and O–H groups in total. The van der Waals surface area contributed by atoms with Crippen molar-refractivity contribution in [2.24, 2.45) is 0 Å². The van der Waals surface area contributed by atoms with Gasteiger partial charge in [0.25, 0.3) is 0 Å². The summed E-state index contributed by atoms with van der Waals surface area (Å²) in [6, 6.07) is -1.25. The number of hydrogen-bond donors (Lipinski definition) is 9. The highest BCUT2D eigenvalue weighted by Gasteiger charge is 2.51. The zero-order chi connectivity index (χ0) is 36.0. The van der Waals surface area contributed by atoms with E-state index in [4.69, 9.17) is 9.05 Å². The van der Waals surface area contributed by atoms with Gasteiger partial charge in [-0.15, -0.1) is 0 Å². The number of carbonyl (C=O) groups excluding carboxylic acids is 1. The Morgan fingerprint density at radius 1 is 0.729 bits per heavy atom. The van der Waals surface area contributed by atoms with Crippen LogP contribution in [-0.2, 0) is 18.4 Å². The molecule has 0 aliphatic heterocycles. The minimum absolute atomic E-state index is 0.252. The Bertz CT molecular complexity index is 937. The first-order chi connectivity index (χ1) is 22.8. The van der Waals surface area contributed by atoms with Crippen molar-refractivity contribution >= 4 is 13.7 Å². The Morgan fingerprint density at radius 2 is 1.23 bits per heavy atom. The minimum atomic E-state index is -5.13. The van der Waals surface area contributed by atoms with Gasteiger partial charge in [0.05, 0.1) is 31.3 Å². The van der Waals surface area contributed by atoms with Crippen molar-refractivity contribution in [2.45, 2.75) is 178 Å². The average Bonchev–Trinajstić information content (AvgIpc) is 3.05. The first-order valence-corrected chi connectivity index (χ1v) is 19.4. The van der Waals surface area contributed by atoms with Crippen LogP contribution in [0.2, 0.25) is 0 Å². The van der Waals surface area contributed by atoms with Crippen molar-refractivity contribution in [3.05, 3.63) is 24.3 Å². The van der Waals surface area contributed by atoms with Gasteiger partial charge in [0.15, 0.2) is 0 Å². The van der Waals surface area contributed by atoms with Crippen LogP contribution in [0.4, 0.5) is 0 Å². The molecule has 1 aliphatic carbocycles. The van der Waals surface area contributed by atoms with Crippen LogP contribution in [0, 0.1) is 0 Å². The van der Waals surface area contributed by atoms with E-state index < -0.39 is 75.2 Å². The molecule has 48 heavy (non-hydrogen) atoms. The fourth-order valence-corrected chi connectivity index (χ4v) is 6.46. The highest BCUT2D eigenvalue weighted by Crippen LogP contribution is 2.47. The second kappa shape index (κ2) is 25.7. The topological polar surface area (TPSA) is 226 Å². The zero-order valence-corrected chi connectivity index (χ0v) is 29.8. The first-order valence-electron chi connectivity index (χ1n) is 17.9. The van der Waals surface area contributed by atoms with Gasteiger partial charge in [-0.3, -0.25) is 13.8 Å². The molecule has 1 rings (SSSR count). The van der Waals surface area contributed by atoms with Gasteiger partial charge in [-0.1, -0.05) is 109 Å². The molecule has 14 heteroatoms. The Hall–Kier alpha value is -1.22. The van der Waals surface area contributed by atoms with Crippen molar-refractivity contribution in [2.75, 3.05) is 6.61 Å². The predicted octanol–water partition coefficient (Wildman–Crippen LogP) is 3.30. The Kier molecular flexibility index (Phi) is 24.0. The second-order valence-electron chi connectivity index (χ2n) is 12.9. The number of amides is 1. The first kappa shape index (κ1) is 44.8. The van der Waals surface area contributed by atoms with E-state index in [1.165, 1.54) is 51.0 Å². The summed E-state index contributed by atoms with van der Waals surface area (Å²) >= 11 is 0. The Labute approximate surface area is 286 Å². The number of aliphatic hydroxyl groups excluding tert-OH is 7. The van der Waals surface area contributed by atoms with Gasteiger partial charge in [0, 0.05) is 0 Å². The second-order valence-corrected chi connectivity index (χ2v) is 14.3. The van der Waals surface area contributed by atoms with E-state index in [0.717, 1.165) is 44.9 Å². The Morgan fingerprint density at radius 3 is 1.83 bits per heavy atom. The lowest BCUT2D eigenvalue weighted by Crippen LogP contribution is -2.64. The molecule has 0 spiro atoms. The highest BCUT2D eigenvalue weighted by atomic mass is 31.2. The number of unbranched alkanes of at least 4 members (excludes halogenated alkanes) is 12. The van der Waals surface area contributed by atoms with E-state index in [0.29, 0.717) is 12.8 Å². The smallest absolute Gasteiger partial charge is 0.393 e. The maximum atomic E-state index is 12.8. The van der Waals surface area contributed by atoms with Crippen molar-refractivity contribution in [1.82, 2.24) is 5.32 Å². The van der Waals surface area contributed by atoms with Crippen molar-refractivity contribution in [3.8, 4) is 0 Å². The lowest BCUT2D eigenvalue weighted by molar-refractivity contribution is -0.220. The molecule has 13 nitrogen and oxygen atoms in total. The van der Waals surface area contributed by atoms with Gasteiger partial charge >= 0.3 is 7.82 Å². The van der Waals surface area contributed by atoms with E-state index in [9.17, 15) is 50.0 Å². The number of carbonyl (C=O) groups is 1. The van der Waals surface area contributed by atoms with Gasteiger partial charge in [0.2, 0.25) is 5.91 Å². The van der Waals surface area contributed by atoms with Crippen LogP contribution in [-0.4, -0.2) is 108 Å². The number of aliphatic hydroxyl groups is 7. The lowest BCUT2D eigenvalue weighted by atomic mass is 9.85. The van der Waals surface area contributed by atoms with Crippen molar-refractivity contribution < 1.29 is 59.0 Å². The summed E-state index contributed by atoms with van der Waals surface area (Å²) in [7, 11) is -5.13. The minimum Gasteiger partial charge on any atom is -0.393 e. The van der Waals surface area contributed by atoms with Crippen LogP contribution in [0.25, 0.3) is 0 Å². The third-order valence-electron chi connectivity index (χ3n) is 8.54. The lowest BCUT2D eigenvalue weighted by Gasteiger charge is -2.41. The standard InChI is InChI=1S/C34H64NO12P/c1-3-5-7-9-11-13-14-16-18-20-22-27(37)26(35-28(38)23-25(36)21-19-17-15-12-10-8-6-4-2)24-46-48(44,45)47-34-32(42)30(40)29(39)31(41)33(34)43/h13-14,20,22,25-27,29-34,36-37,39-43H,3-12,15-19,21,23-24H2,1-2H3,(H,35,38)(H,44,45)/b14-13+,22-20+. The van der Waals surface area contributed by atoms with E-state index in [2.05, 4.69) is 31.3 Å². The van der Waals surface area contributed by atoms with Crippen LogP contribution < -0.4 is 5.32 Å². The van der Waals surface area contributed by atoms with Gasteiger partial charge in [0.1, 0.15) is 36.6 Å². The highest BCUT2D eigenvalue weighted by molar-refractivity contribution is 7.47. The third kappa shape index (κ3) is 18.7. The zero-order valence-electron chi connectivity index (χ0n) is 28.9. The molecule has 0 aromatic heterocycles. The number of rotatable bonds is 27. The van der Waals surface area contributed by atoms with Gasteiger partial charge in [-0.25, -0.2) is 4.57 Å². The summed E-state index contributed by atoms with van der Waals surface area (Å²) in [5, 5.41) is 73.6. The monoisotopic (exact) mass is 709 g/mol. The Balaban J connectivity index is 2.75. The summed E-state index contributed by atoms with van der Waals surface area (Å²) in [5.41, 5.74) is 0. The summed E-state index contributed by atoms with van der Waals surface area (Å²) in [6.07, 6.45) is 9.01. The molecule has 0 aromatic rings. The molecular formula is C34H64NO12P. The average molecular weight is 710 g/mol. The molecule has 0 heterocycles. The quantitative estimate of drug-likeness (QED) is 0.0340. The predicted molar refractivity (Wildman–Crippen MR) is 183 cm³/mol. The fourth-order valence-electron chi connectivity index (χ4n) is 5.49. The largest absolute Gasteiger partial charge is 0.472 e. The fraction of sp³-hybridized carbons (Fsp3) is 0.853. The molecule has 8 unspecified atom stereocenters. The SMILES string of the molecule is CCCCCC/C=C/CC/C=C/C(O)C(COP(=O)(O)OC1C(O)C(O)C(O)C(O)C1O)NC(=O)CC(O)CCCCCCCCCC. The normalized spacial score (nSPS) is 26.5. The third-order valence-corrected chi connectivity index (χ3v) is 9.53. The van der Waals surface area contributed by atoms with Crippen molar-refractivity contribution in [3.63, 3.8) is 0 Å². The van der Waals surface area contributed by atoms with Crippen LogP contribution >= 0.6 is 7.82 Å². The molecule has 282 valence electrons. The number of phosphoric acid groups is 1. The van der Waals surface area contributed by atoms with Crippen LogP contribution in [0.15, 0.2) is 24.3 Å². The van der Waals surface area contributed by atoms with E-state index in [1.807, 2.05) is 0 Å². The maximum Gasteiger partial charge on any atom is 0.472 e. The number of phosphoric ester groups is 1. The number of nitrogens with one attached hydrogen (secondary N) is 1.